The van der Waals surface area contributed by atoms with Crippen LogP contribution in [0.3, 0.4) is 0 Å². The first-order valence-corrected chi connectivity index (χ1v) is 8.01. The van der Waals surface area contributed by atoms with E-state index in [-0.39, 0.29) is 5.75 Å². The van der Waals surface area contributed by atoms with Gasteiger partial charge in [0.25, 0.3) is 0 Å². The van der Waals surface area contributed by atoms with Crippen LogP contribution < -0.4 is 25.4 Å². The summed E-state index contributed by atoms with van der Waals surface area (Å²) in [5.74, 6) is 1.30. The fraction of sp³-hybridized carbons (Fsp3) is 0.533. The Morgan fingerprint density at radius 1 is 1.39 bits per heavy atom. The smallest absolute Gasteiger partial charge is 0.410 e. The molecule has 0 aliphatic carbocycles. The van der Waals surface area contributed by atoms with E-state index in [9.17, 15) is 4.79 Å². The summed E-state index contributed by atoms with van der Waals surface area (Å²) >= 11 is 5.73. The molecule has 0 atom stereocenters. The number of amides is 1. The van der Waals surface area contributed by atoms with Gasteiger partial charge in [-0.15, -0.1) is 11.6 Å². The molecule has 0 aromatic heterocycles. The van der Waals surface area contributed by atoms with E-state index >= 15 is 0 Å². The molecule has 1 amide bonds. The lowest BCUT2D eigenvalue weighted by atomic mass is 10.2. The first-order valence-electron chi connectivity index (χ1n) is 7.47. The molecule has 1 saturated heterocycles. The van der Waals surface area contributed by atoms with Crippen molar-refractivity contribution in [2.24, 2.45) is 5.73 Å². The van der Waals surface area contributed by atoms with Crippen LogP contribution in [0.25, 0.3) is 0 Å². The van der Waals surface area contributed by atoms with Crippen LogP contribution in [0, 0.1) is 0 Å². The molecule has 0 spiro atoms. The molecule has 0 unspecified atom stereocenters. The van der Waals surface area contributed by atoms with E-state index in [1.807, 2.05) is 6.07 Å². The van der Waals surface area contributed by atoms with Crippen LogP contribution in [0.15, 0.2) is 12.1 Å². The molecule has 2 rings (SSSR count). The minimum atomic E-state index is -0.880. The van der Waals surface area contributed by atoms with Crippen molar-refractivity contribution in [1.82, 2.24) is 0 Å². The molecule has 128 valence electrons. The number of halogens is 1. The predicted octanol–water partition coefficient (Wildman–Crippen LogP) is 2.03. The second kappa shape index (κ2) is 8.69. The number of rotatable bonds is 7. The van der Waals surface area contributed by atoms with E-state index in [2.05, 4.69) is 10.2 Å². The third-order valence-corrected chi connectivity index (χ3v) is 3.74. The number of ether oxygens (including phenoxy) is 3. The topological polar surface area (TPSA) is 86.1 Å². The zero-order chi connectivity index (χ0) is 16.7. The number of morpholine rings is 1. The van der Waals surface area contributed by atoms with Crippen LogP contribution in [0.2, 0.25) is 0 Å². The molecular formula is C15H22ClN3O4. The third-order valence-electron chi connectivity index (χ3n) is 3.47. The summed E-state index contributed by atoms with van der Waals surface area (Å²) in [6, 6.07) is 3.56. The Hall–Kier alpha value is -1.86. The van der Waals surface area contributed by atoms with Gasteiger partial charge in [0, 0.05) is 37.6 Å². The molecule has 1 aliphatic heterocycles. The van der Waals surface area contributed by atoms with Gasteiger partial charge < -0.3 is 30.2 Å². The highest BCUT2D eigenvalue weighted by atomic mass is 35.5. The number of alkyl halides is 1. The van der Waals surface area contributed by atoms with E-state index in [1.165, 1.54) is 7.11 Å². The van der Waals surface area contributed by atoms with Crippen molar-refractivity contribution in [1.29, 1.82) is 0 Å². The number of hydrogen-bond acceptors (Lipinski definition) is 6. The summed E-state index contributed by atoms with van der Waals surface area (Å²) in [4.78, 5) is 13.3. The summed E-state index contributed by atoms with van der Waals surface area (Å²) in [6.07, 6.45) is -0.0589. The molecule has 23 heavy (non-hydrogen) atoms. The van der Waals surface area contributed by atoms with E-state index in [1.54, 1.807) is 6.07 Å². The van der Waals surface area contributed by atoms with Crippen LogP contribution in [0.5, 0.6) is 11.5 Å². The summed E-state index contributed by atoms with van der Waals surface area (Å²) in [7, 11) is 1.52. The number of hydrogen-bond donors (Lipinski definition) is 2. The fourth-order valence-electron chi connectivity index (χ4n) is 2.39. The highest BCUT2D eigenvalue weighted by Crippen LogP contribution is 2.39. The summed E-state index contributed by atoms with van der Waals surface area (Å²) in [5, 5.41) is 3.32. The second-order valence-corrected chi connectivity index (χ2v) is 5.39. The quantitative estimate of drug-likeness (QED) is 0.582. The number of benzene rings is 1. The minimum absolute atomic E-state index is 0.283. The van der Waals surface area contributed by atoms with E-state index in [0.717, 1.165) is 30.9 Å². The van der Waals surface area contributed by atoms with Gasteiger partial charge in [0.2, 0.25) is 0 Å². The summed E-state index contributed by atoms with van der Waals surface area (Å²) < 4.78 is 15.7. The lowest BCUT2D eigenvalue weighted by Crippen LogP contribution is -2.36. The van der Waals surface area contributed by atoms with Gasteiger partial charge >= 0.3 is 6.09 Å². The number of carbonyl (C=O) groups excluding carboxylic acids is 1. The second-order valence-electron chi connectivity index (χ2n) is 5.01. The van der Waals surface area contributed by atoms with Gasteiger partial charge in [-0.2, -0.15) is 0 Å². The lowest BCUT2D eigenvalue weighted by Gasteiger charge is -2.31. The maximum Gasteiger partial charge on any atom is 0.410 e. The average Bonchev–Trinajstić information content (AvgIpc) is 2.55. The molecule has 1 fully saturated rings. The SMILES string of the molecule is COc1cc(N2CCOCC2)c(NCCCCl)cc1OC(N)=O. The number of methoxy groups -OCH3 is 1. The zero-order valence-corrected chi connectivity index (χ0v) is 13.9. The first-order chi connectivity index (χ1) is 11.2. The van der Waals surface area contributed by atoms with Crippen molar-refractivity contribution < 1.29 is 19.0 Å². The van der Waals surface area contributed by atoms with Crippen LogP contribution in [-0.4, -0.2) is 51.9 Å². The number of nitrogens with one attached hydrogen (secondary N) is 1. The van der Waals surface area contributed by atoms with E-state index < -0.39 is 6.09 Å². The van der Waals surface area contributed by atoms with Gasteiger partial charge in [-0.25, -0.2) is 4.79 Å². The Kier molecular flexibility index (Phi) is 6.61. The molecule has 7 nitrogen and oxygen atoms in total. The third kappa shape index (κ3) is 4.80. The first kappa shape index (κ1) is 17.5. The summed E-state index contributed by atoms with van der Waals surface area (Å²) in [6.45, 7) is 3.61. The van der Waals surface area contributed by atoms with E-state index in [0.29, 0.717) is 31.4 Å². The Bertz CT molecular complexity index is 536. The average molecular weight is 344 g/mol. The van der Waals surface area contributed by atoms with Gasteiger partial charge in [-0.3, -0.25) is 0 Å². The standard InChI is InChI=1S/C15H22ClN3O4/c1-21-13-10-12(19-5-7-22-8-6-19)11(18-4-2-3-16)9-14(13)23-15(17)20/h9-10,18H,2-8H2,1H3,(H2,17,20). The van der Waals surface area contributed by atoms with Gasteiger partial charge in [0.05, 0.1) is 31.7 Å². The van der Waals surface area contributed by atoms with Crippen molar-refractivity contribution in [3.63, 3.8) is 0 Å². The molecule has 1 heterocycles. The van der Waals surface area contributed by atoms with Crippen molar-refractivity contribution in [3.05, 3.63) is 12.1 Å². The number of nitrogens with two attached hydrogens (primary N) is 1. The Labute approximate surface area is 140 Å². The molecule has 3 N–H and O–H groups in total. The molecule has 1 aromatic carbocycles. The number of nitrogens with zero attached hydrogens (tertiary/aromatic N) is 1. The van der Waals surface area contributed by atoms with Crippen molar-refractivity contribution in [2.45, 2.75) is 6.42 Å². The van der Waals surface area contributed by atoms with Crippen molar-refractivity contribution >= 4 is 29.1 Å². The van der Waals surface area contributed by atoms with Gasteiger partial charge in [0.1, 0.15) is 0 Å². The zero-order valence-electron chi connectivity index (χ0n) is 13.1. The number of primary amides is 1. The molecule has 8 heteroatoms. The largest absolute Gasteiger partial charge is 0.493 e. The Morgan fingerprint density at radius 3 is 2.74 bits per heavy atom. The van der Waals surface area contributed by atoms with Crippen LogP contribution in [0.4, 0.5) is 16.2 Å². The predicted molar refractivity (Wildman–Crippen MR) is 90.1 cm³/mol. The Morgan fingerprint density at radius 2 is 2.13 bits per heavy atom. The Balaban J connectivity index is 2.33. The highest BCUT2D eigenvalue weighted by Gasteiger charge is 2.19. The van der Waals surface area contributed by atoms with Gasteiger partial charge in [0.15, 0.2) is 11.5 Å². The molecule has 1 aliphatic rings. The summed E-state index contributed by atoms with van der Waals surface area (Å²) in [5.41, 5.74) is 6.93. The molecule has 1 aromatic rings. The lowest BCUT2D eigenvalue weighted by molar-refractivity contribution is 0.122. The van der Waals surface area contributed by atoms with Crippen LogP contribution in [-0.2, 0) is 4.74 Å². The normalized spacial score (nSPS) is 14.4. The van der Waals surface area contributed by atoms with Gasteiger partial charge in [-0.1, -0.05) is 0 Å². The van der Waals surface area contributed by atoms with E-state index in [4.69, 9.17) is 31.5 Å². The monoisotopic (exact) mass is 343 g/mol. The maximum atomic E-state index is 11.1. The molecule has 0 saturated carbocycles. The highest BCUT2D eigenvalue weighted by molar-refractivity contribution is 6.17. The minimum Gasteiger partial charge on any atom is -0.493 e. The molecule has 0 radical (unpaired) electrons. The van der Waals surface area contributed by atoms with Crippen LogP contribution >= 0.6 is 11.6 Å². The number of anilines is 2. The van der Waals surface area contributed by atoms with Crippen molar-refractivity contribution in [3.8, 4) is 11.5 Å². The van der Waals surface area contributed by atoms with Gasteiger partial charge in [-0.05, 0) is 6.42 Å². The molecular weight excluding hydrogens is 322 g/mol. The van der Waals surface area contributed by atoms with Crippen molar-refractivity contribution in [2.75, 3.05) is 56.1 Å². The molecule has 0 bridgehead atoms. The fourth-order valence-corrected chi connectivity index (χ4v) is 2.53. The maximum absolute atomic E-state index is 11.1. The number of carbonyl (C=O) groups is 1. The van der Waals surface area contributed by atoms with Crippen LogP contribution in [0.1, 0.15) is 6.42 Å².